The number of ether oxygens (including phenoxy) is 1. The molecular weight excluding hydrogens is 198 g/mol. The van der Waals surface area contributed by atoms with E-state index in [1.165, 1.54) is 5.56 Å². The fourth-order valence-electron chi connectivity index (χ4n) is 1.91. The minimum absolute atomic E-state index is 0.0785. The van der Waals surface area contributed by atoms with Gasteiger partial charge in [0.15, 0.2) is 0 Å². The molecular formula is C14H23NO. The van der Waals surface area contributed by atoms with Crippen molar-refractivity contribution in [1.82, 2.24) is 0 Å². The van der Waals surface area contributed by atoms with Crippen LogP contribution in [0.1, 0.15) is 38.7 Å². The molecule has 0 radical (unpaired) electrons. The van der Waals surface area contributed by atoms with Gasteiger partial charge in [-0.05, 0) is 25.8 Å². The van der Waals surface area contributed by atoms with E-state index >= 15 is 0 Å². The Labute approximate surface area is 98.8 Å². The third kappa shape index (κ3) is 3.95. The highest BCUT2D eigenvalue weighted by molar-refractivity contribution is 5.21. The zero-order valence-corrected chi connectivity index (χ0v) is 10.5. The van der Waals surface area contributed by atoms with Crippen LogP contribution in [-0.4, -0.2) is 18.8 Å². The lowest BCUT2D eigenvalue weighted by atomic mass is 9.90. The summed E-state index contributed by atoms with van der Waals surface area (Å²) in [5.41, 5.74) is 7.49. The molecule has 0 heterocycles. The van der Waals surface area contributed by atoms with Gasteiger partial charge >= 0.3 is 0 Å². The van der Waals surface area contributed by atoms with Gasteiger partial charge in [0.1, 0.15) is 0 Å². The Morgan fingerprint density at radius 1 is 1.19 bits per heavy atom. The van der Waals surface area contributed by atoms with Gasteiger partial charge in [0, 0.05) is 12.0 Å². The Kier molecular flexibility index (Phi) is 5.50. The van der Waals surface area contributed by atoms with Crippen LogP contribution in [0.25, 0.3) is 0 Å². The SMILES string of the molecule is CCC(c1ccccc1)C(N)COC(C)C. The van der Waals surface area contributed by atoms with Gasteiger partial charge in [-0.15, -0.1) is 0 Å². The largest absolute Gasteiger partial charge is 0.377 e. The van der Waals surface area contributed by atoms with Crippen LogP contribution in [0.3, 0.4) is 0 Å². The van der Waals surface area contributed by atoms with Crippen LogP contribution >= 0.6 is 0 Å². The van der Waals surface area contributed by atoms with Gasteiger partial charge in [-0.2, -0.15) is 0 Å². The van der Waals surface area contributed by atoms with Gasteiger partial charge in [0.25, 0.3) is 0 Å². The van der Waals surface area contributed by atoms with Crippen molar-refractivity contribution in [2.75, 3.05) is 6.61 Å². The maximum atomic E-state index is 6.18. The first-order valence-electron chi connectivity index (χ1n) is 6.07. The maximum absolute atomic E-state index is 6.18. The summed E-state index contributed by atoms with van der Waals surface area (Å²) in [6.07, 6.45) is 1.30. The first-order valence-corrected chi connectivity index (χ1v) is 6.07. The van der Waals surface area contributed by atoms with Crippen molar-refractivity contribution < 1.29 is 4.74 Å². The summed E-state index contributed by atoms with van der Waals surface area (Å²) in [6, 6.07) is 10.5. The van der Waals surface area contributed by atoms with Crippen LogP contribution in [0.4, 0.5) is 0 Å². The van der Waals surface area contributed by atoms with Crippen LogP contribution in [0.15, 0.2) is 30.3 Å². The van der Waals surface area contributed by atoms with E-state index < -0.39 is 0 Å². The van der Waals surface area contributed by atoms with Crippen molar-refractivity contribution in [2.45, 2.75) is 45.3 Å². The molecule has 1 aromatic rings. The second-order valence-corrected chi connectivity index (χ2v) is 4.47. The van der Waals surface area contributed by atoms with Gasteiger partial charge in [-0.25, -0.2) is 0 Å². The number of hydrogen-bond acceptors (Lipinski definition) is 2. The zero-order chi connectivity index (χ0) is 12.0. The number of nitrogens with two attached hydrogens (primary N) is 1. The molecule has 2 nitrogen and oxygen atoms in total. The highest BCUT2D eigenvalue weighted by Gasteiger charge is 2.18. The molecule has 0 amide bonds. The molecule has 0 fully saturated rings. The van der Waals surface area contributed by atoms with Crippen LogP contribution in [0.5, 0.6) is 0 Å². The van der Waals surface area contributed by atoms with E-state index in [4.69, 9.17) is 10.5 Å². The Balaban J connectivity index is 2.60. The third-order valence-corrected chi connectivity index (χ3v) is 2.81. The van der Waals surface area contributed by atoms with Crippen molar-refractivity contribution in [2.24, 2.45) is 5.73 Å². The van der Waals surface area contributed by atoms with E-state index in [0.717, 1.165) is 6.42 Å². The van der Waals surface area contributed by atoms with Crippen molar-refractivity contribution >= 4 is 0 Å². The van der Waals surface area contributed by atoms with Crippen LogP contribution in [-0.2, 0) is 4.74 Å². The van der Waals surface area contributed by atoms with Gasteiger partial charge < -0.3 is 10.5 Å². The van der Waals surface area contributed by atoms with E-state index in [-0.39, 0.29) is 12.1 Å². The monoisotopic (exact) mass is 221 g/mol. The molecule has 1 aromatic carbocycles. The maximum Gasteiger partial charge on any atom is 0.0626 e. The normalized spacial score (nSPS) is 15.1. The molecule has 0 aliphatic heterocycles. The molecule has 2 N–H and O–H groups in total. The second-order valence-electron chi connectivity index (χ2n) is 4.47. The van der Waals surface area contributed by atoms with Crippen LogP contribution in [0, 0.1) is 0 Å². The molecule has 0 spiro atoms. The molecule has 0 aliphatic carbocycles. The Morgan fingerprint density at radius 3 is 2.31 bits per heavy atom. The molecule has 2 atom stereocenters. The zero-order valence-electron chi connectivity index (χ0n) is 10.5. The number of rotatable bonds is 6. The summed E-state index contributed by atoms with van der Waals surface area (Å²) >= 11 is 0. The standard InChI is InChI=1S/C14H23NO/c1-4-13(12-8-6-5-7-9-12)14(15)10-16-11(2)3/h5-9,11,13-14H,4,10,15H2,1-3H3. The number of benzene rings is 1. The van der Waals surface area contributed by atoms with Gasteiger partial charge in [0.05, 0.1) is 12.7 Å². The minimum atomic E-state index is 0.0785. The van der Waals surface area contributed by atoms with Gasteiger partial charge in [-0.1, -0.05) is 37.3 Å². The molecule has 2 heteroatoms. The minimum Gasteiger partial charge on any atom is -0.377 e. The first-order chi connectivity index (χ1) is 7.65. The molecule has 2 unspecified atom stereocenters. The topological polar surface area (TPSA) is 35.2 Å². The second kappa shape index (κ2) is 6.66. The summed E-state index contributed by atoms with van der Waals surface area (Å²) in [6.45, 7) is 6.88. The quantitative estimate of drug-likeness (QED) is 0.801. The summed E-state index contributed by atoms with van der Waals surface area (Å²) in [5, 5.41) is 0. The van der Waals surface area contributed by atoms with Crippen molar-refractivity contribution in [3.05, 3.63) is 35.9 Å². The summed E-state index contributed by atoms with van der Waals surface area (Å²) in [7, 11) is 0. The predicted molar refractivity (Wildman–Crippen MR) is 68.5 cm³/mol. The number of hydrogen-bond donors (Lipinski definition) is 1. The van der Waals surface area contributed by atoms with E-state index in [1.54, 1.807) is 0 Å². The molecule has 16 heavy (non-hydrogen) atoms. The van der Waals surface area contributed by atoms with Crippen LogP contribution < -0.4 is 5.73 Å². The van der Waals surface area contributed by atoms with E-state index in [0.29, 0.717) is 12.5 Å². The van der Waals surface area contributed by atoms with E-state index in [1.807, 2.05) is 19.9 Å². The summed E-state index contributed by atoms with van der Waals surface area (Å²) in [5.74, 6) is 0.389. The lowest BCUT2D eigenvalue weighted by Gasteiger charge is -2.24. The fourth-order valence-corrected chi connectivity index (χ4v) is 1.91. The average molecular weight is 221 g/mol. The van der Waals surface area contributed by atoms with Crippen molar-refractivity contribution in [3.8, 4) is 0 Å². The Hall–Kier alpha value is -0.860. The molecule has 0 aliphatic rings. The predicted octanol–water partition coefficient (Wildman–Crippen LogP) is 2.93. The van der Waals surface area contributed by atoms with E-state index in [9.17, 15) is 0 Å². The molecule has 0 bridgehead atoms. The summed E-state index contributed by atoms with van der Waals surface area (Å²) < 4.78 is 5.58. The average Bonchev–Trinajstić information content (AvgIpc) is 2.29. The third-order valence-electron chi connectivity index (χ3n) is 2.81. The highest BCUT2D eigenvalue weighted by atomic mass is 16.5. The molecule has 0 saturated heterocycles. The Bertz CT molecular complexity index is 284. The van der Waals surface area contributed by atoms with Crippen LogP contribution in [0.2, 0.25) is 0 Å². The molecule has 0 saturated carbocycles. The fraction of sp³-hybridized carbons (Fsp3) is 0.571. The lowest BCUT2D eigenvalue weighted by molar-refractivity contribution is 0.0632. The highest BCUT2D eigenvalue weighted by Crippen LogP contribution is 2.22. The van der Waals surface area contributed by atoms with Gasteiger partial charge in [0.2, 0.25) is 0 Å². The van der Waals surface area contributed by atoms with Crippen molar-refractivity contribution in [1.29, 1.82) is 0 Å². The lowest BCUT2D eigenvalue weighted by Crippen LogP contribution is -2.34. The van der Waals surface area contributed by atoms with Crippen molar-refractivity contribution in [3.63, 3.8) is 0 Å². The van der Waals surface area contributed by atoms with Gasteiger partial charge in [-0.3, -0.25) is 0 Å². The Morgan fingerprint density at radius 2 is 1.81 bits per heavy atom. The molecule has 1 rings (SSSR count). The first kappa shape index (κ1) is 13.2. The molecule has 0 aromatic heterocycles. The van der Waals surface area contributed by atoms with E-state index in [2.05, 4.69) is 31.2 Å². The summed E-state index contributed by atoms with van der Waals surface area (Å²) in [4.78, 5) is 0. The molecule has 90 valence electrons. The smallest absolute Gasteiger partial charge is 0.0626 e.